The first kappa shape index (κ1) is 33.3. The summed E-state index contributed by atoms with van der Waals surface area (Å²) in [5, 5.41) is 2.94. The number of carbonyl (C=O) groups excluding carboxylic acids is 2. The lowest BCUT2D eigenvalue weighted by atomic mass is 10.0. The molecule has 2 amide bonds. The number of halogens is 2. The number of rotatable bonds is 11. The third-order valence-electron chi connectivity index (χ3n) is 7.04. The fourth-order valence-electron chi connectivity index (χ4n) is 4.80. The van der Waals surface area contributed by atoms with Gasteiger partial charge in [-0.1, -0.05) is 72.3 Å². The highest BCUT2D eigenvalue weighted by atomic mass is 32.2. The molecule has 0 aliphatic rings. The predicted octanol–water partition coefficient (Wildman–Crippen LogP) is 6.02. The molecule has 0 radical (unpaired) electrons. The molecule has 0 bridgehead atoms. The zero-order valence-corrected chi connectivity index (χ0v) is 26.5. The Kier molecular flexibility index (Phi) is 10.4. The SMILES string of the molecule is Cc1ccc(S(=O)(=O)N(CC(=O)N(Cc2ccc(F)cc2)C(Cc2ccccc2)C(=O)NC(C)(C)C)c2ccccc2F)cc1. The zero-order valence-electron chi connectivity index (χ0n) is 25.7. The van der Waals surface area contributed by atoms with E-state index in [1.165, 1.54) is 59.5 Å². The molecule has 0 fully saturated rings. The van der Waals surface area contributed by atoms with Crippen LogP contribution in [0.25, 0.3) is 0 Å². The van der Waals surface area contributed by atoms with E-state index < -0.39 is 51.6 Å². The number of benzene rings is 4. The highest BCUT2D eigenvalue weighted by Crippen LogP contribution is 2.27. The van der Waals surface area contributed by atoms with E-state index in [0.717, 1.165) is 21.5 Å². The van der Waals surface area contributed by atoms with Gasteiger partial charge in [0.25, 0.3) is 10.0 Å². The van der Waals surface area contributed by atoms with E-state index in [0.29, 0.717) is 5.56 Å². The Hall–Kier alpha value is -4.57. The summed E-state index contributed by atoms with van der Waals surface area (Å²) in [4.78, 5) is 29.4. The van der Waals surface area contributed by atoms with Gasteiger partial charge in [0.15, 0.2) is 0 Å². The van der Waals surface area contributed by atoms with Gasteiger partial charge in [0.05, 0.1) is 10.6 Å². The van der Waals surface area contributed by atoms with Gasteiger partial charge >= 0.3 is 0 Å². The summed E-state index contributed by atoms with van der Waals surface area (Å²) in [5.74, 6) is -2.51. The van der Waals surface area contributed by atoms with Crippen LogP contribution in [-0.4, -0.2) is 43.3 Å². The van der Waals surface area contributed by atoms with E-state index in [1.807, 2.05) is 51.1 Å². The molecule has 236 valence electrons. The molecule has 0 saturated carbocycles. The van der Waals surface area contributed by atoms with Gasteiger partial charge in [-0.3, -0.25) is 13.9 Å². The number of anilines is 1. The molecule has 1 unspecified atom stereocenters. The second kappa shape index (κ2) is 14.0. The molecule has 0 heterocycles. The van der Waals surface area contributed by atoms with Crippen molar-refractivity contribution >= 4 is 27.5 Å². The number of aryl methyl sites for hydroxylation is 1. The first-order valence-corrected chi connectivity index (χ1v) is 15.9. The number of carbonyl (C=O) groups is 2. The fraction of sp³-hybridized carbons (Fsp3) is 0.257. The summed E-state index contributed by atoms with van der Waals surface area (Å²) < 4.78 is 57.8. The highest BCUT2D eigenvalue weighted by molar-refractivity contribution is 7.92. The molecule has 0 aliphatic heterocycles. The van der Waals surface area contributed by atoms with Crippen molar-refractivity contribution in [2.75, 3.05) is 10.8 Å². The maximum atomic E-state index is 15.2. The second-order valence-electron chi connectivity index (χ2n) is 11.9. The van der Waals surface area contributed by atoms with Gasteiger partial charge < -0.3 is 10.2 Å². The molecule has 0 saturated heterocycles. The van der Waals surface area contributed by atoms with E-state index in [2.05, 4.69) is 5.32 Å². The molecule has 4 aromatic rings. The van der Waals surface area contributed by atoms with Crippen molar-refractivity contribution in [2.24, 2.45) is 0 Å². The Morgan fingerprint density at radius 2 is 1.40 bits per heavy atom. The fourth-order valence-corrected chi connectivity index (χ4v) is 6.22. The number of sulfonamides is 1. The largest absolute Gasteiger partial charge is 0.350 e. The average molecular weight is 634 g/mol. The molecule has 10 heteroatoms. The van der Waals surface area contributed by atoms with Gasteiger partial charge in [-0.2, -0.15) is 0 Å². The number of para-hydroxylation sites is 1. The lowest BCUT2D eigenvalue weighted by molar-refractivity contribution is -0.140. The molecule has 0 aromatic heterocycles. The van der Waals surface area contributed by atoms with Crippen LogP contribution >= 0.6 is 0 Å². The molecule has 7 nitrogen and oxygen atoms in total. The standard InChI is InChI=1S/C35H37F2N3O4S/c1-25-14-20-29(21-15-25)45(43,44)40(31-13-9-8-12-30(31)37)24-33(41)39(23-27-16-18-28(36)19-17-27)32(34(42)38-35(2,3)4)22-26-10-6-5-7-11-26/h5-21,32H,22-24H2,1-4H3,(H,38,42). The van der Waals surface area contributed by atoms with E-state index in [4.69, 9.17) is 0 Å². The van der Waals surface area contributed by atoms with Crippen molar-refractivity contribution in [1.29, 1.82) is 0 Å². The van der Waals surface area contributed by atoms with Crippen LogP contribution in [0.2, 0.25) is 0 Å². The lowest BCUT2D eigenvalue weighted by Crippen LogP contribution is -2.56. The normalized spacial score (nSPS) is 12.3. The van der Waals surface area contributed by atoms with Crippen LogP contribution in [0.5, 0.6) is 0 Å². The summed E-state index contributed by atoms with van der Waals surface area (Å²) in [5.41, 5.74) is 1.14. The number of hydrogen-bond acceptors (Lipinski definition) is 4. The quantitative estimate of drug-likeness (QED) is 0.219. The minimum atomic E-state index is -4.44. The Bertz CT molecular complexity index is 1720. The van der Waals surface area contributed by atoms with Crippen LogP contribution in [0.3, 0.4) is 0 Å². The number of nitrogens with one attached hydrogen (secondary N) is 1. The average Bonchev–Trinajstić information content (AvgIpc) is 2.99. The smallest absolute Gasteiger partial charge is 0.264 e. The van der Waals surface area contributed by atoms with Crippen molar-refractivity contribution in [3.63, 3.8) is 0 Å². The summed E-state index contributed by atoms with van der Waals surface area (Å²) >= 11 is 0. The number of nitrogens with zero attached hydrogens (tertiary/aromatic N) is 2. The van der Waals surface area contributed by atoms with Crippen LogP contribution in [0.1, 0.15) is 37.5 Å². The zero-order chi connectivity index (χ0) is 32.8. The first-order valence-electron chi connectivity index (χ1n) is 14.5. The van der Waals surface area contributed by atoms with Crippen molar-refractivity contribution in [1.82, 2.24) is 10.2 Å². The molecule has 45 heavy (non-hydrogen) atoms. The predicted molar refractivity (Wildman–Crippen MR) is 171 cm³/mol. The minimum Gasteiger partial charge on any atom is -0.350 e. The Balaban J connectivity index is 1.82. The van der Waals surface area contributed by atoms with Gasteiger partial charge in [0.2, 0.25) is 11.8 Å². The van der Waals surface area contributed by atoms with Gasteiger partial charge in [-0.25, -0.2) is 17.2 Å². The Morgan fingerprint density at radius 1 is 0.800 bits per heavy atom. The molecule has 4 aromatic carbocycles. The molecule has 1 N–H and O–H groups in total. The molecule has 4 rings (SSSR count). The summed E-state index contributed by atoms with van der Waals surface area (Å²) in [6.07, 6.45) is 0.111. The molecule has 0 spiro atoms. The van der Waals surface area contributed by atoms with Gasteiger partial charge in [-0.05, 0) is 75.2 Å². The van der Waals surface area contributed by atoms with Crippen molar-refractivity contribution < 1.29 is 26.8 Å². The van der Waals surface area contributed by atoms with E-state index >= 15 is 4.39 Å². The third kappa shape index (κ3) is 8.76. The van der Waals surface area contributed by atoms with E-state index in [9.17, 15) is 22.4 Å². The first-order chi connectivity index (χ1) is 21.2. The van der Waals surface area contributed by atoms with Gasteiger partial charge in [0.1, 0.15) is 24.2 Å². The van der Waals surface area contributed by atoms with Crippen LogP contribution < -0.4 is 9.62 Å². The second-order valence-corrected chi connectivity index (χ2v) is 13.7. The van der Waals surface area contributed by atoms with Crippen molar-refractivity contribution in [3.05, 3.63) is 131 Å². The summed E-state index contributed by atoms with van der Waals surface area (Å²) in [6, 6.07) is 24.8. The van der Waals surface area contributed by atoms with Crippen LogP contribution in [0.15, 0.2) is 108 Å². The summed E-state index contributed by atoms with van der Waals surface area (Å²) in [7, 11) is -4.44. The highest BCUT2D eigenvalue weighted by Gasteiger charge is 2.36. The van der Waals surface area contributed by atoms with E-state index in [1.54, 1.807) is 19.1 Å². The van der Waals surface area contributed by atoms with Crippen LogP contribution in [0.4, 0.5) is 14.5 Å². The molecule has 0 aliphatic carbocycles. The van der Waals surface area contributed by atoms with Gasteiger partial charge in [-0.15, -0.1) is 0 Å². The Labute approximate surface area is 263 Å². The maximum Gasteiger partial charge on any atom is 0.264 e. The minimum absolute atomic E-state index is 0.111. The number of amides is 2. The van der Waals surface area contributed by atoms with E-state index in [-0.39, 0.29) is 23.5 Å². The lowest BCUT2D eigenvalue weighted by Gasteiger charge is -2.35. The van der Waals surface area contributed by atoms with Crippen molar-refractivity contribution in [2.45, 2.75) is 57.1 Å². The number of hydrogen-bond donors (Lipinski definition) is 1. The van der Waals surface area contributed by atoms with Crippen LogP contribution in [-0.2, 0) is 32.6 Å². The molecular weight excluding hydrogens is 596 g/mol. The van der Waals surface area contributed by atoms with Gasteiger partial charge in [0, 0.05) is 18.5 Å². The summed E-state index contributed by atoms with van der Waals surface area (Å²) in [6.45, 7) is 6.30. The topological polar surface area (TPSA) is 86.8 Å². The maximum absolute atomic E-state index is 15.2. The van der Waals surface area contributed by atoms with Crippen LogP contribution in [0, 0.1) is 18.6 Å². The van der Waals surface area contributed by atoms with Crippen molar-refractivity contribution in [3.8, 4) is 0 Å². The monoisotopic (exact) mass is 633 g/mol. The molecule has 1 atom stereocenters. The third-order valence-corrected chi connectivity index (χ3v) is 8.82. The Morgan fingerprint density at radius 3 is 2.00 bits per heavy atom. The molecular formula is C35H37F2N3O4S.